The Kier molecular flexibility index (Phi) is 3.45. The Morgan fingerprint density at radius 3 is 2.80 bits per heavy atom. The molecule has 0 atom stereocenters. The smallest absolute Gasteiger partial charge is 0.160 e. The molecule has 0 fully saturated rings. The lowest BCUT2D eigenvalue weighted by atomic mass is 10.1. The fourth-order valence-corrected chi connectivity index (χ4v) is 2.58. The highest BCUT2D eigenvalue weighted by molar-refractivity contribution is 6.17. The van der Waals surface area contributed by atoms with Gasteiger partial charge in [-0.25, -0.2) is 9.97 Å². The van der Waals surface area contributed by atoms with E-state index in [0.29, 0.717) is 11.9 Å². The van der Waals surface area contributed by atoms with Crippen molar-refractivity contribution in [2.75, 3.05) is 0 Å². The van der Waals surface area contributed by atoms with Crippen LogP contribution in [0.5, 0.6) is 0 Å². The van der Waals surface area contributed by atoms with E-state index in [4.69, 9.17) is 16.6 Å². The molecule has 102 valence electrons. The van der Waals surface area contributed by atoms with Gasteiger partial charge in [-0.2, -0.15) is 0 Å². The molecule has 2 heterocycles. The zero-order valence-corrected chi connectivity index (χ0v) is 12.3. The lowest BCUT2D eigenvalue weighted by Gasteiger charge is -2.12. The Morgan fingerprint density at radius 2 is 2.05 bits per heavy atom. The van der Waals surface area contributed by atoms with Crippen LogP contribution in [0.25, 0.3) is 22.6 Å². The van der Waals surface area contributed by atoms with Gasteiger partial charge in [0.1, 0.15) is 11.3 Å². The third kappa shape index (κ3) is 2.18. The van der Waals surface area contributed by atoms with Crippen LogP contribution in [0.4, 0.5) is 0 Å². The molecule has 3 nitrogen and oxygen atoms in total. The molecular formula is C16H16ClN3. The van der Waals surface area contributed by atoms with Crippen LogP contribution in [0.3, 0.4) is 0 Å². The van der Waals surface area contributed by atoms with E-state index in [0.717, 1.165) is 28.1 Å². The predicted octanol–water partition coefficient (Wildman–Crippen LogP) is 4.42. The molecule has 4 heteroatoms. The fraction of sp³-hybridized carbons (Fsp3) is 0.250. The Labute approximate surface area is 123 Å². The number of rotatable bonds is 3. The minimum absolute atomic E-state index is 0.296. The van der Waals surface area contributed by atoms with Gasteiger partial charge in [-0.1, -0.05) is 18.2 Å². The van der Waals surface area contributed by atoms with Crippen molar-refractivity contribution in [2.45, 2.75) is 25.8 Å². The number of pyridine rings is 1. The maximum atomic E-state index is 5.93. The zero-order chi connectivity index (χ0) is 14.1. The molecule has 1 aromatic carbocycles. The summed E-state index contributed by atoms with van der Waals surface area (Å²) in [6, 6.07) is 12.4. The van der Waals surface area contributed by atoms with E-state index in [2.05, 4.69) is 35.5 Å². The number of aromatic nitrogens is 3. The molecule has 0 spiro atoms. The third-order valence-electron chi connectivity index (χ3n) is 3.30. The van der Waals surface area contributed by atoms with Crippen LogP contribution in [0.15, 0.2) is 42.6 Å². The first-order chi connectivity index (χ1) is 9.70. The van der Waals surface area contributed by atoms with E-state index >= 15 is 0 Å². The van der Waals surface area contributed by atoms with Crippen LogP contribution in [-0.2, 0) is 5.88 Å². The van der Waals surface area contributed by atoms with Gasteiger partial charge in [0, 0.05) is 23.7 Å². The molecule has 20 heavy (non-hydrogen) atoms. The van der Waals surface area contributed by atoms with E-state index in [1.54, 1.807) is 0 Å². The molecule has 0 bridgehead atoms. The largest absolute Gasteiger partial charge is 0.306 e. The number of halogens is 1. The highest BCUT2D eigenvalue weighted by Gasteiger charge is 2.15. The number of benzene rings is 1. The highest BCUT2D eigenvalue weighted by Crippen LogP contribution is 2.27. The molecular weight excluding hydrogens is 270 g/mol. The van der Waals surface area contributed by atoms with Gasteiger partial charge in [0.05, 0.1) is 0 Å². The van der Waals surface area contributed by atoms with Gasteiger partial charge < -0.3 is 4.57 Å². The summed E-state index contributed by atoms with van der Waals surface area (Å²) in [4.78, 5) is 9.20. The van der Waals surface area contributed by atoms with Gasteiger partial charge in [0.15, 0.2) is 5.65 Å². The Hall–Kier alpha value is -1.87. The molecule has 0 aliphatic rings. The molecule has 2 aromatic heterocycles. The van der Waals surface area contributed by atoms with Crippen LogP contribution in [0.1, 0.15) is 25.5 Å². The van der Waals surface area contributed by atoms with Crippen LogP contribution in [0.2, 0.25) is 0 Å². The number of imidazole rings is 1. The fourth-order valence-electron chi connectivity index (χ4n) is 2.42. The molecule has 0 aliphatic carbocycles. The van der Waals surface area contributed by atoms with Gasteiger partial charge in [-0.15, -0.1) is 11.6 Å². The SMILES string of the molecule is CC(C)n1c(-c2cccc(CCl)c2)nc2cccnc21. The second-order valence-corrected chi connectivity index (χ2v) is 5.35. The predicted molar refractivity (Wildman–Crippen MR) is 82.9 cm³/mol. The number of fused-ring (bicyclic) bond motifs is 1. The van der Waals surface area contributed by atoms with Crippen molar-refractivity contribution in [1.29, 1.82) is 0 Å². The lowest BCUT2D eigenvalue weighted by Crippen LogP contribution is -2.04. The average Bonchev–Trinajstić information content (AvgIpc) is 2.87. The van der Waals surface area contributed by atoms with Crippen molar-refractivity contribution in [3.05, 3.63) is 48.2 Å². The Bertz CT molecular complexity index is 746. The maximum Gasteiger partial charge on any atom is 0.160 e. The minimum atomic E-state index is 0.296. The second kappa shape index (κ2) is 5.25. The topological polar surface area (TPSA) is 30.7 Å². The van der Waals surface area contributed by atoms with E-state index in [1.807, 2.05) is 30.5 Å². The van der Waals surface area contributed by atoms with Crippen LogP contribution >= 0.6 is 11.6 Å². The van der Waals surface area contributed by atoms with E-state index < -0.39 is 0 Å². The number of nitrogens with zero attached hydrogens (tertiary/aromatic N) is 3. The first kappa shape index (κ1) is 13.1. The van der Waals surface area contributed by atoms with E-state index in [9.17, 15) is 0 Å². The molecule has 0 aliphatic heterocycles. The lowest BCUT2D eigenvalue weighted by molar-refractivity contribution is 0.619. The summed E-state index contributed by atoms with van der Waals surface area (Å²) in [6.45, 7) is 4.29. The van der Waals surface area contributed by atoms with Crippen molar-refractivity contribution >= 4 is 22.8 Å². The summed E-state index contributed by atoms with van der Waals surface area (Å²) in [6.07, 6.45) is 1.81. The van der Waals surface area contributed by atoms with Crippen molar-refractivity contribution in [3.63, 3.8) is 0 Å². The molecule has 3 aromatic rings. The number of hydrogen-bond acceptors (Lipinski definition) is 2. The standard InChI is InChI=1S/C16H16ClN3/c1-11(2)20-15(13-6-3-5-12(9-13)10-17)19-14-7-4-8-18-16(14)20/h3-9,11H,10H2,1-2H3. The summed E-state index contributed by atoms with van der Waals surface area (Å²) in [5.74, 6) is 1.45. The molecule has 0 unspecified atom stereocenters. The third-order valence-corrected chi connectivity index (χ3v) is 3.61. The normalized spacial score (nSPS) is 11.4. The van der Waals surface area contributed by atoms with Gasteiger partial charge >= 0.3 is 0 Å². The van der Waals surface area contributed by atoms with Gasteiger partial charge in [0.2, 0.25) is 0 Å². The zero-order valence-electron chi connectivity index (χ0n) is 11.5. The molecule has 0 saturated carbocycles. The van der Waals surface area contributed by atoms with Crippen molar-refractivity contribution in [1.82, 2.24) is 14.5 Å². The van der Waals surface area contributed by atoms with Crippen LogP contribution in [-0.4, -0.2) is 14.5 Å². The van der Waals surface area contributed by atoms with E-state index in [1.165, 1.54) is 0 Å². The number of hydrogen-bond donors (Lipinski definition) is 0. The van der Waals surface area contributed by atoms with Crippen LogP contribution in [0, 0.1) is 0 Å². The Balaban J connectivity index is 2.26. The monoisotopic (exact) mass is 285 g/mol. The summed E-state index contributed by atoms with van der Waals surface area (Å²) in [5, 5.41) is 0. The first-order valence-corrected chi connectivity index (χ1v) is 7.22. The summed E-state index contributed by atoms with van der Waals surface area (Å²) in [7, 11) is 0. The highest BCUT2D eigenvalue weighted by atomic mass is 35.5. The van der Waals surface area contributed by atoms with Gasteiger partial charge in [-0.3, -0.25) is 0 Å². The van der Waals surface area contributed by atoms with Gasteiger partial charge in [-0.05, 0) is 37.6 Å². The van der Waals surface area contributed by atoms with Crippen LogP contribution < -0.4 is 0 Å². The number of alkyl halides is 1. The maximum absolute atomic E-state index is 5.93. The molecule has 3 rings (SSSR count). The molecule has 0 radical (unpaired) electrons. The van der Waals surface area contributed by atoms with Crippen molar-refractivity contribution in [3.8, 4) is 11.4 Å². The summed E-state index contributed by atoms with van der Waals surface area (Å²) >= 11 is 5.93. The first-order valence-electron chi connectivity index (χ1n) is 6.69. The molecule has 0 amide bonds. The quantitative estimate of drug-likeness (QED) is 0.667. The minimum Gasteiger partial charge on any atom is -0.306 e. The average molecular weight is 286 g/mol. The molecule has 0 saturated heterocycles. The van der Waals surface area contributed by atoms with Crippen molar-refractivity contribution in [2.24, 2.45) is 0 Å². The summed E-state index contributed by atoms with van der Waals surface area (Å²) < 4.78 is 2.17. The second-order valence-electron chi connectivity index (χ2n) is 5.08. The van der Waals surface area contributed by atoms with Crippen molar-refractivity contribution < 1.29 is 0 Å². The van der Waals surface area contributed by atoms with E-state index in [-0.39, 0.29) is 0 Å². The summed E-state index contributed by atoms with van der Waals surface area (Å²) in [5.41, 5.74) is 4.02. The molecule has 0 N–H and O–H groups in total. The Morgan fingerprint density at radius 1 is 1.20 bits per heavy atom. The van der Waals surface area contributed by atoms with Gasteiger partial charge in [0.25, 0.3) is 0 Å².